The summed E-state index contributed by atoms with van der Waals surface area (Å²) >= 11 is 0. The average molecular weight is 400 g/mol. The minimum Gasteiger partial charge on any atom is -0.324 e. The van der Waals surface area contributed by atoms with Crippen LogP contribution in [-0.2, 0) is 20.2 Å². The van der Waals surface area contributed by atoms with Gasteiger partial charge in [-0.2, -0.15) is 31.2 Å². The molecule has 2 aromatic carbocycles. The molecule has 13 heteroatoms. The van der Waals surface area contributed by atoms with Crippen molar-refractivity contribution in [3.05, 3.63) is 42.7 Å². The highest BCUT2D eigenvalue weighted by atomic mass is 32.2. The Bertz CT molecular complexity index is 1230. The largest absolute Gasteiger partial charge is 0.324 e. The number of anilines is 2. The van der Waals surface area contributed by atoms with E-state index in [1.807, 2.05) is 0 Å². The van der Waals surface area contributed by atoms with E-state index in [4.69, 9.17) is 0 Å². The van der Waals surface area contributed by atoms with Crippen molar-refractivity contribution >= 4 is 42.6 Å². The van der Waals surface area contributed by atoms with Crippen molar-refractivity contribution in [1.29, 1.82) is 0 Å². The number of rotatable bonds is 4. The number of nitrogens with one attached hydrogen (secondary N) is 1. The first-order chi connectivity index (χ1) is 12.1. The van der Waals surface area contributed by atoms with E-state index in [-0.39, 0.29) is 22.4 Å². The quantitative estimate of drug-likeness (QED) is 0.546. The Kier molecular flexibility index (Phi) is 4.31. The van der Waals surface area contributed by atoms with Crippen molar-refractivity contribution < 1.29 is 30.3 Å². The highest BCUT2D eigenvalue weighted by molar-refractivity contribution is 7.86. The molecule has 0 aliphatic carbocycles. The predicted molar refractivity (Wildman–Crippen MR) is 86.6 cm³/mol. The van der Waals surface area contributed by atoms with Crippen LogP contribution in [0.5, 0.6) is 0 Å². The first-order valence-corrected chi connectivity index (χ1v) is 9.57. The van der Waals surface area contributed by atoms with Crippen molar-refractivity contribution in [2.45, 2.75) is 9.79 Å². The second-order valence-corrected chi connectivity index (χ2v) is 7.76. The maximum Gasteiger partial charge on any atom is 0.313 e. The standard InChI is InChI=1S/C13H9FN4O6S2/c14-12-15-6-16-13(18-12)17-7-4-9-8(11(5-7)26(22,23)24)2-1-3-10(9)25(19,20)21/h1-6H,(H,19,20,21)(H,22,23,24)(H,15,16,17,18). The molecular formula is C13H9FN4O6S2. The molecular weight excluding hydrogens is 391 g/mol. The number of aromatic nitrogens is 3. The Balaban J connectivity index is 2.31. The van der Waals surface area contributed by atoms with Gasteiger partial charge in [0, 0.05) is 16.5 Å². The Morgan fingerprint density at radius 1 is 0.923 bits per heavy atom. The molecule has 3 rings (SSSR count). The fourth-order valence-corrected chi connectivity index (χ4v) is 3.73. The van der Waals surface area contributed by atoms with Crippen LogP contribution in [0.3, 0.4) is 0 Å². The zero-order chi connectivity index (χ0) is 19.1. The van der Waals surface area contributed by atoms with Gasteiger partial charge in [0.25, 0.3) is 20.2 Å². The van der Waals surface area contributed by atoms with Crippen LogP contribution in [0.15, 0.2) is 46.5 Å². The van der Waals surface area contributed by atoms with Crippen LogP contribution in [0, 0.1) is 6.08 Å². The monoisotopic (exact) mass is 400 g/mol. The maximum absolute atomic E-state index is 13.1. The molecule has 0 aliphatic heterocycles. The lowest BCUT2D eigenvalue weighted by Gasteiger charge is -2.11. The van der Waals surface area contributed by atoms with Crippen LogP contribution in [0.25, 0.3) is 10.8 Å². The highest BCUT2D eigenvalue weighted by Crippen LogP contribution is 2.32. The van der Waals surface area contributed by atoms with Crippen molar-refractivity contribution in [3.8, 4) is 0 Å². The maximum atomic E-state index is 13.1. The number of hydrogen-bond donors (Lipinski definition) is 3. The molecule has 0 amide bonds. The first kappa shape index (κ1) is 18.1. The summed E-state index contributed by atoms with van der Waals surface area (Å²) in [6.07, 6.45) is -0.240. The molecule has 3 N–H and O–H groups in total. The van der Waals surface area contributed by atoms with Crippen LogP contribution >= 0.6 is 0 Å². The molecule has 0 aliphatic rings. The number of benzene rings is 2. The van der Waals surface area contributed by atoms with Gasteiger partial charge in [-0.3, -0.25) is 9.11 Å². The molecule has 0 saturated heterocycles. The highest BCUT2D eigenvalue weighted by Gasteiger charge is 2.21. The number of fused-ring (bicyclic) bond motifs is 1. The fraction of sp³-hybridized carbons (Fsp3) is 0. The molecule has 0 atom stereocenters. The van der Waals surface area contributed by atoms with E-state index in [0.717, 1.165) is 18.5 Å². The van der Waals surface area contributed by atoms with Crippen molar-refractivity contribution in [1.82, 2.24) is 15.0 Å². The Morgan fingerprint density at radius 3 is 2.23 bits per heavy atom. The number of halogens is 1. The van der Waals surface area contributed by atoms with Gasteiger partial charge in [-0.25, -0.2) is 4.98 Å². The summed E-state index contributed by atoms with van der Waals surface area (Å²) in [6.45, 7) is 0. The topological polar surface area (TPSA) is 159 Å². The summed E-state index contributed by atoms with van der Waals surface area (Å²) in [5.41, 5.74) is -0.0770. The lowest BCUT2D eigenvalue weighted by atomic mass is 10.1. The zero-order valence-corrected chi connectivity index (χ0v) is 14.2. The molecule has 1 aromatic heterocycles. The Morgan fingerprint density at radius 2 is 1.62 bits per heavy atom. The van der Waals surface area contributed by atoms with Crippen molar-refractivity contribution in [2.75, 3.05) is 5.32 Å². The molecule has 0 radical (unpaired) electrons. The third kappa shape index (κ3) is 3.60. The first-order valence-electron chi connectivity index (χ1n) is 6.69. The number of hydrogen-bond acceptors (Lipinski definition) is 8. The molecule has 0 unspecified atom stereocenters. The normalized spacial score (nSPS) is 12.3. The van der Waals surface area contributed by atoms with Gasteiger partial charge in [0.2, 0.25) is 5.95 Å². The van der Waals surface area contributed by atoms with Crippen LogP contribution in [0.4, 0.5) is 16.0 Å². The molecule has 3 aromatic rings. The van der Waals surface area contributed by atoms with Gasteiger partial charge >= 0.3 is 6.08 Å². The van der Waals surface area contributed by atoms with E-state index in [2.05, 4.69) is 20.3 Å². The van der Waals surface area contributed by atoms with E-state index in [1.165, 1.54) is 18.2 Å². The molecule has 0 saturated carbocycles. The lowest BCUT2D eigenvalue weighted by molar-refractivity contribution is 0.481. The average Bonchev–Trinajstić information content (AvgIpc) is 2.51. The molecule has 0 spiro atoms. The Hall–Kier alpha value is -2.74. The fourth-order valence-electron chi connectivity index (χ4n) is 2.30. The molecule has 0 fully saturated rings. The van der Waals surface area contributed by atoms with Crippen molar-refractivity contribution in [3.63, 3.8) is 0 Å². The minimum atomic E-state index is -4.76. The van der Waals surface area contributed by atoms with Gasteiger partial charge in [0.1, 0.15) is 16.1 Å². The molecule has 26 heavy (non-hydrogen) atoms. The summed E-state index contributed by atoms with van der Waals surface area (Å²) in [4.78, 5) is 8.91. The summed E-state index contributed by atoms with van der Waals surface area (Å²) < 4.78 is 78.4. The molecule has 10 nitrogen and oxygen atoms in total. The van der Waals surface area contributed by atoms with Crippen LogP contribution in [0.1, 0.15) is 0 Å². The SMILES string of the molecule is O=S(=O)(O)c1cc(Nc2ncnc(F)n2)cc2c(S(=O)(=O)O)cccc12. The summed E-state index contributed by atoms with van der Waals surface area (Å²) in [5.74, 6) is -0.289. The second kappa shape index (κ2) is 6.21. The van der Waals surface area contributed by atoms with Crippen LogP contribution < -0.4 is 5.32 Å². The van der Waals surface area contributed by atoms with Gasteiger partial charge in [0.05, 0.1) is 0 Å². The number of nitrogens with zero attached hydrogens (tertiary/aromatic N) is 3. The molecule has 1 heterocycles. The third-order valence-corrected chi connectivity index (χ3v) is 5.08. The van der Waals surface area contributed by atoms with Gasteiger partial charge in [-0.15, -0.1) is 0 Å². The summed E-state index contributed by atoms with van der Waals surface area (Å²) in [7, 11) is -9.45. The van der Waals surface area contributed by atoms with E-state index in [9.17, 15) is 30.3 Å². The summed E-state index contributed by atoms with van der Waals surface area (Å²) in [5, 5.41) is 2.14. The summed E-state index contributed by atoms with van der Waals surface area (Å²) in [6, 6.07) is 5.66. The van der Waals surface area contributed by atoms with Crippen LogP contribution in [-0.4, -0.2) is 40.9 Å². The van der Waals surface area contributed by atoms with E-state index in [1.54, 1.807) is 0 Å². The van der Waals surface area contributed by atoms with Gasteiger partial charge < -0.3 is 5.32 Å². The molecule has 136 valence electrons. The van der Waals surface area contributed by atoms with Crippen LogP contribution in [0.2, 0.25) is 0 Å². The molecule has 0 bridgehead atoms. The predicted octanol–water partition coefficient (Wildman–Crippen LogP) is 1.40. The van der Waals surface area contributed by atoms with Gasteiger partial charge in [-0.05, 0) is 18.2 Å². The van der Waals surface area contributed by atoms with E-state index in [0.29, 0.717) is 0 Å². The lowest BCUT2D eigenvalue weighted by Crippen LogP contribution is -2.05. The minimum absolute atomic E-state index is 0.0770. The second-order valence-electron chi connectivity index (χ2n) is 4.98. The third-order valence-electron chi connectivity index (χ3n) is 3.27. The Labute approximate surface area is 146 Å². The van der Waals surface area contributed by atoms with E-state index >= 15 is 0 Å². The van der Waals surface area contributed by atoms with Crippen molar-refractivity contribution in [2.24, 2.45) is 0 Å². The zero-order valence-electron chi connectivity index (χ0n) is 12.5. The van der Waals surface area contributed by atoms with Gasteiger partial charge in [0.15, 0.2) is 0 Å². The van der Waals surface area contributed by atoms with E-state index < -0.39 is 36.1 Å². The smallest absolute Gasteiger partial charge is 0.313 e. The van der Waals surface area contributed by atoms with Gasteiger partial charge in [-0.1, -0.05) is 12.1 Å².